The van der Waals surface area contributed by atoms with E-state index in [0.29, 0.717) is 5.56 Å². The van der Waals surface area contributed by atoms with E-state index in [9.17, 15) is 14.7 Å². The van der Waals surface area contributed by atoms with E-state index in [4.69, 9.17) is 0 Å². The average Bonchev–Trinajstić information content (AvgIpc) is 3.12. The Balaban J connectivity index is 2.28. The minimum atomic E-state index is -1.16. The minimum absolute atomic E-state index is 0.0401. The zero-order chi connectivity index (χ0) is 14.2. The Labute approximate surface area is 112 Å². The van der Waals surface area contributed by atoms with Crippen LogP contribution in [-0.2, 0) is 4.79 Å². The molecule has 1 saturated carbocycles. The van der Waals surface area contributed by atoms with Crippen molar-refractivity contribution >= 4 is 11.9 Å². The molecule has 0 saturated heterocycles. The first-order valence-corrected chi connectivity index (χ1v) is 6.48. The third-order valence-electron chi connectivity index (χ3n) is 3.92. The van der Waals surface area contributed by atoms with Gasteiger partial charge in [-0.05, 0) is 50.7 Å². The van der Waals surface area contributed by atoms with Crippen molar-refractivity contribution in [2.24, 2.45) is 5.92 Å². The summed E-state index contributed by atoms with van der Waals surface area (Å²) in [5, 5.41) is 12.1. The largest absolute Gasteiger partial charge is 0.480 e. The lowest BCUT2D eigenvalue weighted by Gasteiger charge is -2.26. The van der Waals surface area contributed by atoms with E-state index in [1.54, 1.807) is 6.92 Å². The number of nitrogens with one attached hydrogen (secondary N) is 1. The molecule has 0 bridgehead atoms. The molecule has 1 aliphatic rings. The quantitative estimate of drug-likeness (QED) is 0.873. The van der Waals surface area contributed by atoms with Gasteiger partial charge in [0.25, 0.3) is 5.91 Å². The van der Waals surface area contributed by atoms with Crippen molar-refractivity contribution in [3.05, 3.63) is 34.9 Å². The first-order chi connectivity index (χ1) is 8.86. The van der Waals surface area contributed by atoms with Crippen molar-refractivity contribution in [1.82, 2.24) is 5.32 Å². The summed E-state index contributed by atoms with van der Waals surface area (Å²) >= 11 is 0. The van der Waals surface area contributed by atoms with E-state index in [1.807, 2.05) is 32.0 Å². The van der Waals surface area contributed by atoms with Crippen LogP contribution in [0.3, 0.4) is 0 Å². The van der Waals surface area contributed by atoms with Crippen LogP contribution in [-0.4, -0.2) is 22.5 Å². The van der Waals surface area contributed by atoms with Gasteiger partial charge in [0.1, 0.15) is 5.54 Å². The Kier molecular flexibility index (Phi) is 3.35. The smallest absolute Gasteiger partial charge is 0.329 e. The second-order valence-electron chi connectivity index (χ2n) is 5.50. The molecule has 19 heavy (non-hydrogen) atoms. The molecule has 0 aromatic heterocycles. The van der Waals surface area contributed by atoms with Gasteiger partial charge < -0.3 is 10.4 Å². The van der Waals surface area contributed by atoms with Crippen molar-refractivity contribution in [1.29, 1.82) is 0 Å². The summed E-state index contributed by atoms with van der Waals surface area (Å²) in [6.07, 6.45) is 1.71. The zero-order valence-electron chi connectivity index (χ0n) is 11.5. The Bertz CT molecular complexity index is 514. The molecule has 4 nitrogen and oxygen atoms in total. The van der Waals surface area contributed by atoms with Gasteiger partial charge in [0.15, 0.2) is 0 Å². The van der Waals surface area contributed by atoms with Crippen molar-refractivity contribution < 1.29 is 14.7 Å². The number of carboxylic acid groups (broad SMARTS) is 1. The second-order valence-corrected chi connectivity index (χ2v) is 5.50. The van der Waals surface area contributed by atoms with Crippen LogP contribution < -0.4 is 5.32 Å². The van der Waals surface area contributed by atoms with Crippen LogP contribution in [0.15, 0.2) is 18.2 Å². The van der Waals surface area contributed by atoms with Crippen LogP contribution >= 0.6 is 0 Å². The van der Waals surface area contributed by atoms with E-state index in [1.165, 1.54) is 0 Å². The maximum absolute atomic E-state index is 12.4. The van der Waals surface area contributed by atoms with Crippen molar-refractivity contribution in [2.45, 2.75) is 39.2 Å². The fourth-order valence-corrected chi connectivity index (χ4v) is 2.46. The number of aliphatic carboxylic acids is 1. The summed E-state index contributed by atoms with van der Waals surface area (Å²) in [6.45, 7) is 5.31. The van der Waals surface area contributed by atoms with E-state index >= 15 is 0 Å². The highest BCUT2D eigenvalue weighted by atomic mass is 16.4. The van der Waals surface area contributed by atoms with Crippen LogP contribution in [0, 0.1) is 19.8 Å². The molecule has 1 aromatic rings. The molecule has 1 aromatic carbocycles. The summed E-state index contributed by atoms with van der Waals surface area (Å²) in [6, 6.07) is 5.60. The number of hydrogen-bond donors (Lipinski definition) is 2. The number of aryl methyl sites for hydroxylation is 2. The molecule has 1 aliphatic carbocycles. The summed E-state index contributed by atoms with van der Waals surface area (Å²) in [7, 11) is 0. The molecular formula is C15H19NO3. The molecule has 1 amide bonds. The summed E-state index contributed by atoms with van der Waals surface area (Å²) in [5.41, 5.74) is 1.14. The fraction of sp³-hybridized carbons (Fsp3) is 0.467. The number of hydrogen-bond acceptors (Lipinski definition) is 2. The lowest BCUT2D eigenvalue weighted by molar-refractivity contribution is -0.144. The number of carboxylic acids is 1. The lowest BCUT2D eigenvalue weighted by Crippen LogP contribution is -2.54. The third-order valence-corrected chi connectivity index (χ3v) is 3.92. The fourth-order valence-electron chi connectivity index (χ4n) is 2.46. The standard InChI is InChI=1S/C15H19NO3/c1-9-5-4-6-10(2)12(9)13(17)16-15(3,14(18)19)11-7-8-11/h4-6,11H,7-8H2,1-3H3,(H,16,17)(H,18,19). The van der Waals surface area contributed by atoms with Crippen LogP contribution in [0.4, 0.5) is 0 Å². The summed E-state index contributed by atoms with van der Waals surface area (Å²) in [4.78, 5) is 23.8. The van der Waals surface area contributed by atoms with Crippen LogP contribution in [0.1, 0.15) is 41.3 Å². The molecule has 0 spiro atoms. The normalized spacial score (nSPS) is 17.6. The summed E-state index contributed by atoms with van der Waals surface area (Å²) < 4.78 is 0. The molecule has 2 N–H and O–H groups in total. The average molecular weight is 261 g/mol. The van der Waals surface area contributed by atoms with Crippen LogP contribution in [0.25, 0.3) is 0 Å². The second kappa shape index (κ2) is 4.68. The number of amides is 1. The van der Waals surface area contributed by atoms with Gasteiger partial charge in [-0.1, -0.05) is 18.2 Å². The maximum atomic E-state index is 12.4. The Morgan fingerprint density at radius 3 is 2.21 bits per heavy atom. The lowest BCUT2D eigenvalue weighted by atomic mass is 9.94. The van der Waals surface area contributed by atoms with Crippen LogP contribution in [0.5, 0.6) is 0 Å². The van der Waals surface area contributed by atoms with Crippen molar-refractivity contribution in [3.63, 3.8) is 0 Å². The topological polar surface area (TPSA) is 66.4 Å². The van der Waals surface area contributed by atoms with Gasteiger partial charge in [0.2, 0.25) is 0 Å². The SMILES string of the molecule is Cc1cccc(C)c1C(=O)NC(C)(C(=O)O)C1CC1. The van der Waals surface area contributed by atoms with E-state index in [-0.39, 0.29) is 11.8 Å². The Morgan fingerprint density at radius 2 is 1.79 bits per heavy atom. The number of benzene rings is 1. The molecule has 102 valence electrons. The highest BCUT2D eigenvalue weighted by Crippen LogP contribution is 2.40. The van der Waals surface area contributed by atoms with Gasteiger partial charge in [0, 0.05) is 5.56 Å². The number of carbonyl (C=O) groups is 2. The first kappa shape index (κ1) is 13.6. The van der Waals surface area contributed by atoms with E-state index in [0.717, 1.165) is 24.0 Å². The van der Waals surface area contributed by atoms with Crippen LogP contribution in [0.2, 0.25) is 0 Å². The maximum Gasteiger partial charge on any atom is 0.329 e. The van der Waals surface area contributed by atoms with Gasteiger partial charge >= 0.3 is 5.97 Å². The molecule has 4 heteroatoms. The molecular weight excluding hydrogens is 242 g/mol. The monoisotopic (exact) mass is 261 g/mol. The van der Waals surface area contributed by atoms with Crippen molar-refractivity contribution in [3.8, 4) is 0 Å². The molecule has 0 radical (unpaired) electrons. The molecule has 1 atom stereocenters. The highest BCUT2D eigenvalue weighted by molar-refractivity contribution is 6.00. The summed E-state index contributed by atoms with van der Waals surface area (Å²) in [5.74, 6) is -1.22. The third kappa shape index (κ3) is 2.48. The number of rotatable bonds is 4. The minimum Gasteiger partial charge on any atom is -0.480 e. The van der Waals surface area contributed by atoms with Gasteiger partial charge in [-0.3, -0.25) is 4.79 Å². The molecule has 0 aliphatic heterocycles. The number of carbonyl (C=O) groups excluding carboxylic acids is 1. The predicted octanol–water partition coefficient (Wildman–Crippen LogP) is 2.29. The van der Waals surface area contributed by atoms with E-state index in [2.05, 4.69) is 5.32 Å². The van der Waals surface area contributed by atoms with Gasteiger partial charge in [-0.2, -0.15) is 0 Å². The van der Waals surface area contributed by atoms with Gasteiger partial charge in [-0.15, -0.1) is 0 Å². The first-order valence-electron chi connectivity index (χ1n) is 6.48. The predicted molar refractivity (Wildman–Crippen MR) is 72.1 cm³/mol. The zero-order valence-corrected chi connectivity index (χ0v) is 11.5. The Morgan fingerprint density at radius 1 is 1.26 bits per heavy atom. The van der Waals surface area contributed by atoms with Gasteiger partial charge in [0.05, 0.1) is 0 Å². The van der Waals surface area contributed by atoms with Crippen molar-refractivity contribution in [2.75, 3.05) is 0 Å². The molecule has 2 rings (SSSR count). The molecule has 0 heterocycles. The molecule has 1 fully saturated rings. The Hall–Kier alpha value is -1.84. The highest BCUT2D eigenvalue weighted by Gasteiger charge is 2.48. The van der Waals surface area contributed by atoms with Gasteiger partial charge in [-0.25, -0.2) is 4.79 Å². The molecule has 1 unspecified atom stereocenters. The van der Waals surface area contributed by atoms with E-state index < -0.39 is 11.5 Å².